The van der Waals surface area contributed by atoms with Crippen molar-refractivity contribution in [2.75, 3.05) is 13.7 Å². The van der Waals surface area contributed by atoms with Crippen molar-refractivity contribution in [1.82, 2.24) is 5.32 Å². The van der Waals surface area contributed by atoms with Crippen molar-refractivity contribution in [1.29, 1.82) is 0 Å². The van der Waals surface area contributed by atoms with Crippen LogP contribution in [0.15, 0.2) is 24.3 Å². The molecule has 1 amide bonds. The standard InChI is InChI=1S/C19H25NO8/c1-10(21)20-14-15(22)16-13(9-25-19(2,3)28-16)27-18(14)26-12-7-5-11(6-8-12)17(23)24-4/h5-8,13-16,18,22H,9H2,1-4H3,(H,20,21). The van der Waals surface area contributed by atoms with Gasteiger partial charge in [-0.25, -0.2) is 4.79 Å². The van der Waals surface area contributed by atoms with Crippen LogP contribution in [0.2, 0.25) is 0 Å². The van der Waals surface area contributed by atoms with Gasteiger partial charge in [0.1, 0.15) is 30.1 Å². The Labute approximate surface area is 162 Å². The molecule has 9 heteroatoms. The fraction of sp³-hybridized carbons (Fsp3) is 0.579. The summed E-state index contributed by atoms with van der Waals surface area (Å²) in [5.41, 5.74) is 0.370. The third-order valence-electron chi connectivity index (χ3n) is 4.59. The Morgan fingerprint density at radius 1 is 1.25 bits per heavy atom. The molecular weight excluding hydrogens is 370 g/mol. The Morgan fingerprint density at radius 3 is 2.54 bits per heavy atom. The van der Waals surface area contributed by atoms with Crippen LogP contribution in [0, 0.1) is 0 Å². The van der Waals surface area contributed by atoms with Crippen LogP contribution in [-0.2, 0) is 23.7 Å². The van der Waals surface area contributed by atoms with E-state index in [1.165, 1.54) is 14.0 Å². The molecule has 154 valence electrons. The van der Waals surface area contributed by atoms with Gasteiger partial charge in [0.25, 0.3) is 0 Å². The number of amides is 1. The number of aliphatic hydroxyl groups is 1. The van der Waals surface area contributed by atoms with Gasteiger partial charge in [-0.1, -0.05) is 0 Å². The summed E-state index contributed by atoms with van der Waals surface area (Å²) in [6, 6.07) is 5.40. The zero-order valence-corrected chi connectivity index (χ0v) is 16.2. The van der Waals surface area contributed by atoms with Gasteiger partial charge in [-0.05, 0) is 38.1 Å². The molecule has 2 aliphatic heterocycles. The predicted octanol–water partition coefficient (Wildman–Crippen LogP) is 0.594. The summed E-state index contributed by atoms with van der Waals surface area (Å²) in [7, 11) is 1.30. The van der Waals surface area contributed by atoms with E-state index in [-0.39, 0.29) is 12.5 Å². The van der Waals surface area contributed by atoms with Crippen LogP contribution in [0.4, 0.5) is 0 Å². The second-order valence-electron chi connectivity index (χ2n) is 7.19. The molecule has 2 fully saturated rings. The van der Waals surface area contributed by atoms with E-state index in [1.54, 1.807) is 38.1 Å². The number of carbonyl (C=O) groups excluding carboxylic acids is 2. The van der Waals surface area contributed by atoms with Crippen LogP contribution in [-0.4, -0.2) is 67.1 Å². The molecular formula is C19H25NO8. The maximum atomic E-state index is 11.6. The van der Waals surface area contributed by atoms with E-state index >= 15 is 0 Å². The van der Waals surface area contributed by atoms with E-state index in [4.69, 9.17) is 18.9 Å². The topological polar surface area (TPSA) is 113 Å². The van der Waals surface area contributed by atoms with E-state index < -0.39 is 42.4 Å². The molecule has 2 heterocycles. The zero-order chi connectivity index (χ0) is 20.5. The van der Waals surface area contributed by atoms with Crippen molar-refractivity contribution in [3.8, 4) is 5.75 Å². The lowest BCUT2D eigenvalue weighted by Crippen LogP contribution is -2.69. The molecule has 0 bridgehead atoms. The number of rotatable bonds is 4. The third-order valence-corrected chi connectivity index (χ3v) is 4.59. The minimum atomic E-state index is -1.06. The smallest absolute Gasteiger partial charge is 0.337 e. The van der Waals surface area contributed by atoms with Gasteiger partial charge in [0, 0.05) is 6.92 Å². The van der Waals surface area contributed by atoms with Crippen LogP contribution in [0.1, 0.15) is 31.1 Å². The summed E-state index contributed by atoms with van der Waals surface area (Å²) in [5, 5.41) is 13.5. The van der Waals surface area contributed by atoms with E-state index in [0.717, 1.165) is 0 Å². The highest BCUT2D eigenvalue weighted by molar-refractivity contribution is 5.89. The second-order valence-corrected chi connectivity index (χ2v) is 7.19. The number of carbonyl (C=O) groups is 2. The summed E-state index contributed by atoms with van der Waals surface area (Å²) in [5.74, 6) is -1.28. The van der Waals surface area contributed by atoms with Gasteiger partial charge in [0.15, 0.2) is 5.79 Å². The van der Waals surface area contributed by atoms with E-state index in [1.807, 2.05) is 0 Å². The Balaban J connectivity index is 1.78. The number of esters is 1. The number of hydrogen-bond donors (Lipinski definition) is 2. The molecule has 0 saturated carbocycles. The number of methoxy groups -OCH3 is 1. The highest BCUT2D eigenvalue weighted by Gasteiger charge is 2.52. The van der Waals surface area contributed by atoms with E-state index in [2.05, 4.69) is 10.1 Å². The number of fused-ring (bicyclic) bond motifs is 1. The van der Waals surface area contributed by atoms with Gasteiger partial charge in [0.05, 0.1) is 19.3 Å². The first-order chi connectivity index (χ1) is 13.2. The van der Waals surface area contributed by atoms with Crippen molar-refractivity contribution in [2.24, 2.45) is 0 Å². The molecule has 5 unspecified atom stereocenters. The Morgan fingerprint density at radius 2 is 1.93 bits per heavy atom. The summed E-state index contributed by atoms with van der Waals surface area (Å²) in [4.78, 5) is 23.2. The zero-order valence-electron chi connectivity index (χ0n) is 16.2. The molecule has 2 N–H and O–H groups in total. The number of ether oxygens (including phenoxy) is 5. The van der Waals surface area contributed by atoms with Crippen molar-refractivity contribution in [3.05, 3.63) is 29.8 Å². The number of hydrogen-bond acceptors (Lipinski definition) is 8. The quantitative estimate of drug-likeness (QED) is 0.713. The summed E-state index contributed by atoms with van der Waals surface area (Å²) < 4.78 is 27.8. The van der Waals surface area contributed by atoms with Gasteiger partial charge in [-0.15, -0.1) is 0 Å². The Kier molecular flexibility index (Phi) is 5.90. The van der Waals surface area contributed by atoms with Crippen LogP contribution in [0.5, 0.6) is 5.75 Å². The third kappa shape index (κ3) is 4.44. The normalized spacial score (nSPS) is 31.4. The average Bonchev–Trinajstić information content (AvgIpc) is 2.65. The Bertz CT molecular complexity index is 719. The molecule has 3 rings (SSSR count). The fourth-order valence-electron chi connectivity index (χ4n) is 3.25. The van der Waals surface area contributed by atoms with Gasteiger partial charge in [-0.3, -0.25) is 4.79 Å². The van der Waals surface area contributed by atoms with Crippen LogP contribution < -0.4 is 10.1 Å². The van der Waals surface area contributed by atoms with Crippen molar-refractivity contribution in [2.45, 2.75) is 57.2 Å². The van der Waals surface area contributed by atoms with Crippen LogP contribution in [0.3, 0.4) is 0 Å². The van der Waals surface area contributed by atoms with Crippen molar-refractivity contribution < 1.29 is 38.4 Å². The highest BCUT2D eigenvalue weighted by atomic mass is 16.8. The molecule has 1 aromatic rings. The van der Waals surface area contributed by atoms with Crippen LogP contribution >= 0.6 is 0 Å². The molecule has 0 aromatic heterocycles. The molecule has 0 aliphatic carbocycles. The minimum Gasteiger partial charge on any atom is -0.465 e. The SMILES string of the molecule is COC(=O)c1ccc(OC2OC3COC(C)(C)OC3C(O)C2NC(C)=O)cc1. The molecule has 0 radical (unpaired) electrons. The van der Waals surface area contributed by atoms with Gasteiger partial charge >= 0.3 is 5.97 Å². The van der Waals surface area contributed by atoms with Gasteiger partial charge in [0.2, 0.25) is 12.2 Å². The van der Waals surface area contributed by atoms with Gasteiger partial charge in [-0.2, -0.15) is 0 Å². The molecule has 1 aromatic carbocycles. The predicted molar refractivity (Wildman–Crippen MR) is 95.6 cm³/mol. The van der Waals surface area contributed by atoms with E-state index in [9.17, 15) is 14.7 Å². The summed E-state index contributed by atoms with van der Waals surface area (Å²) in [6.45, 7) is 5.04. The number of nitrogens with one attached hydrogen (secondary N) is 1. The maximum absolute atomic E-state index is 11.6. The lowest BCUT2D eigenvalue weighted by molar-refractivity contribution is -0.361. The summed E-state index contributed by atoms with van der Waals surface area (Å²) >= 11 is 0. The lowest BCUT2D eigenvalue weighted by atomic mass is 9.95. The highest BCUT2D eigenvalue weighted by Crippen LogP contribution is 2.33. The molecule has 2 saturated heterocycles. The summed E-state index contributed by atoms with van der Waals surface area (Å²) in [6.07, 6.45) is -3.28. The number of aliphatic hydroxyl groups excluding tert-OH is 1. The molecule has 5 atom stereocenters. The van der Waals surface area contributed by atoms with Gasteiger partial charge < -0.3 is 34.1 Å². The molecule has 2 aliphatic rings. The first kappa shape index (κ1) is 20.5. The molecule has 0 spiro atoms. The van der Waals surface area contributed by atoms with Crippen LogP contribution in [0.25, 0.3) is 0 Å². The largest absolute Gasteiger partial charge is 0.465 e. The average molecular weight is 395 g/mol. The second kappa shape index (κ2) is 8.04. The first-order valence-corrected chi connectivity index (χ1v) is 8.97. The number of benzene rings is 1. The van der Waals surface area contributed by atoms with Crippen molar-refractivity contribution in [3.63, 3.8) is 0 Å². The Hall–Kier alpha value is -2.20. The maximum Gasteiger partial charge on any atom is 0.337 e. The minimum absolute atomic E-state index is 0.211. The fourth-order valence-corrected chi connectivity index (χ4v) is 3.25. The lowest BCUT2D eigenvalue weighted by Gasteiger charge is -2.49. The molecule has 28 heavy (non-hydrogen) atoms. The monoisotopic (exact) mass is 395 g/mol. The first-order valence-electron chi connectivity index (χ1n) is 8.97. The van der Waals surface area contributed by atoms with E-state index in [0.29, 0.717) is 11.3 Å². The molecule has 9 nitrogen and oxygen atoms in total. The van der Waals surface area contributed by atoms with Crippen molar-refractivity contribution >= 4 is 11.9 Å².